The van der Waals surface area contributed by atoms with E-state index >= 15 is 0 Å². The van der Waals surface area contributed by atoms with Crippen molar-refractivity contribution in [2.75, 3.05) is 6.61 Å². The second kappa shape index (κ2) is 3.82. The van der Waals surface area contributed by atoms with Gasteiger partial charge < -0.3 is 4.74 Å². The van der Waals surface area contributed by atoms with E-state index in [1.165, 1.54) is 0 Å². The van der Waals surface area contributed by atoms with E-state index in [2.05, 4.69) is 38.2 Å². The van der Waals surface area contributed by atoms with Crippen molar-refractivity contribution in [1.29, 1.82) is 0 Å². The molecule has 16 heavy (non-hydrogen) atoms. The molecule has 0 saturated carbocycles. The molecule has 0 aromatic heterocycles. The molecule has 0 amide bonds. The highest BCUT2D eigenvalue weighted by molar-refractivity contribution is 7.80. The monoisotopic (exact) mass is 235 g/mol. The van der Waals surface area contributed by atoms with Crippen molar-refractivity contribution in [3.05, 3.63) is 35.9 Å². The largest absolute Gasteiger partial charge is 0.483 e. The maximum absolute atomic E-state index is 5.63. The van der Waals surface area contributed by atoms with Crippen LogP contribution in [0.2, 0.25) is 0 Å². The molecule has 1 aliphatic rings. The summed E-state index contributed by atoms with van der Waals surface area (Å²) in [6.45, 7) is 6.94. The molecule has 1 fully saturated rings. The van der Waals surface area contributed by atoms with Crippen LogP contribution in [0.5, 0.6) is 0 Å². The molecule has 2 rings (SSSR count). The van der Waals surface area contributed by atoms with Gasteiger partial charge in [0.25, 0.3) is 0 Å². The molecule has 1 unspecified atom stereocenters. The Bertz CT molecular complexity index is 402. The summed E-state index contributed by atoms with van der Waals surface area (Å²) in [5.41, 5.74) is 0.707. The lowest BCUT2D eigenvalue weighted by Crippen LogP contribution is -2.62. The van der Waals surface area contributed by atoms with Crippen LogP contribution in [0.3, 0.4) is 0 Å². The third-order valence-corrected chi connectivity index (χ3v) is 3.44. The Morgan fingerprint density at radius 1 is 1.19 bits per heavy atom. The van der Waals surface area contributed by atoms with Crippen LogP contribution < -0.4 is 5.32 Å². The SMILES string of the molecule is CC1(C)COC(=S)C(C)(c2ccccc2)N1. The minimum Gasteiger partial charge on any atom is -0.483 e. The normalized spacial score (nSPS) is 28.6. The Kier molecular flexibility index (Phi) is 2.76. The number of ether oxygens (including phenoxy) is 1. The molecule has 0 spiro atoms. The van der Waals surface area contributed by atoms with Gasteiger partial charge in [-0.05, 0) is 38.6 Å². The fourth-order valence-corrected chi connectivity index (χ4v) is 2.34. The second-order valence-electron chi connectivity index (χ2n) is 5.08. The van der Waals surface area contributed by atoms with Gasteiger partial charge in [-0.3, -0.25) is 5.32 Å². The van der Waals surface area contributed by atoms with Crippen LogP contribution in [-0.4, -0.2) is 17.2 Å². The van der Waals surface area contributed by atoms with Gasteiger partial charge >= 0.3 is 0 Å². The predicted molar refractivity (Wildman–Crippen MR) is 69.6 cm³/mol. The summed E-state index contributed by atoms with van der Waals surface area (Å²) in [6, 6.07) is 10.2. The van der Waals surface area contributed by atoms with Crippen molar-refractivity contribution in [1.82, 2.24) is 5.32 Å². The molecule has 86 valence electrons. The van der Waals surface area contributed by atoms with Crippen molar-refractivity contribution in [2.45, 2.75) is 31.8 Å². The van der Waals surface area contributed by atoms with E-state index < -0.39 is 0 Å². The van der Waals surface area contributed by atoms with Gasteiger partial charge in [-0.2, -0.15) is 0 Å². The number of hydrogen-bond donors (Lipinski definition) is 1. The van der Waals surface area contributed by atoms with E-state index in [4.69, 9.17) is 17.0 Å². The Morgan fingerprint density at radius 2 is 1.81 bits per heavy atom. The fraction of sp³-hybridized carbons (Fsp3) is 0.462. The Labute approximate surface area is 102 Å². The minimum absolute atomic E-state index is 0.0626. The van der Waals surface area contributed by atoms with Gasteiger partial charge in [0.05, 0.1) is 0 Å². The molecular weight excluding hydrogens is 218 g/mol. The molecule has 2 nitrogen and oxygen atoms in total. The van der Waals surface area contributed by atoms with Gasteiger partial charge in [0, 0.05) is 5.54 Å². The first kappa shape index (κ1) is 11.6. The van der Waals surface area contributed by atoms with Gasteiger partial charge in [-0.25, -0.2) is 0 Å². The summed E-state index contributed by atoms with van der Waals surface area (Å²) in [6.07, 6.45) is 0. The standard InChI is InChI=1S/C13H17NOS/c1-12(2)9-15-11(16)13(3,14-12)10-7-5-4-6-8-10/h4-8,14H,9H2,1-3H3. The molecule has 0 radical (unpaired) electrons. The Morgan fingerprint density at radius 3 is 2.44 bits per heavy atom. The first-order valence-corrected chi connectivity index (χ1v) is 5.87. The average Bonchev–Trinajstić information content (AvgIpc) is 2.25. The highest BCUT2D eigenvalue weighted by atomic mass is 32.1. The number of nitrogens with one attached hydrogen (secondary N) is 1. The van der Waals surface area contributed by atoms with Crippen LogP contribution in [0.4, 0.5) is 0 Å². The number of benzene rings is 1. The molecule has 1 saturated heterocycles. The van der Waals surface area contributed by atoms with Crippen molar-refractivity contribution in [2.24, 2.45) is 0 Å². The third-order valence-electron chi connectivity index (χ3n) is 2.91. The van der Waals surface area contributed by atoms with Crippen LogP contribution in [0.1, 0.15) is 26.3 Å². The molecule has 0 bridgehead atoms. The first-order chi connectivity index (χ1) is 7.44. The zero-order valence-electron chi connectivity index (χ0n) is 9.91. The quantitative estimate of drug-likeness (QED) is 0.756. The van der Waals surface area contributed by atoms with Gasteiger partial charge in [-0.1, -0.05) is 30.3 Å². The minimum atomic E-state index is -0.377. The molecule has 1 aliphatic heterocycles. The summed E-state index contributed by atoms with van der Waals surface area (Å²) in [5, 5.41) is 4.19. The fourth-order valence-electron chi connectivity index (χ4n) is 2.12. The molecule has 1 N–H and O–H groups in total. The van der Waals surface area contributed by atoms with E-state index in [9.17, 15) is 0 Å². The summed E-state index contributed by atoms with van der Waals surface area (Å²) in [4.78, 5) is 0. The lowest BCUT2D eigenvalue weighted by molar-refractivity contribution is 0.117. The van der Waals surface area contributed by atoms with Crippen LogP contribution in [-0.2, 0) is 10.3 Å². The molecule has 0 aliphatic carbocycles. The Hall–Kier alpha value is -0.930. The number of morpholine rings is 1. The molecule has 1 heterocycles. The summed E-state index contributed by atoms with van der Waals surface area (Å²) >= 11 is 5.34. The zero-order chi connectivity index (χ0) is 11.8. The first-order valence-electron chi connectivity index (χ1n) is 5.46. The van der Waals surface area contributed by atoms with Crippen LogP contribution in [0.25, 0.3) is 0 Å². The number of hydrogen-bond acceptors (Lipinski definition) is 3. The van der Waals surface area contributed by atoms with E-state index in [1.807, 2.05) is 18.2 Å². The Balaban J connectivity index is 2.39. The number of thiocarbonyl (C=S) groups is 1. The van der Waals surface area contributed by atoms with Crippen LogP contribution in [0, 0.1) is 0 Å². The van der Waals surface area contributed by atoms with E-state index in [0.29, 0.717) is 11.7 Å². The summed E-state index contributed by atoms with van der Waals surface area (Å²) < 4.78 is 5.63. The molecular formula is C13H17NOS. The van der Waals surface area contributed by atoms with Crippen LogP contribution in [0.15, 0.2) is 30.3 Å². The van der Waals surface area contributed by atoms with Crippen molar-refractivity contribution in [3.63, 3.8) is 0 Å². The van der Waals surface area contributed by atoms with Gasteiger partial charge in [0.2, 0.25) is 0 Å². The molecule has 1 atom stereocenters. The summed E-state index contributed by atoms with van der Waals surface area (Å²) in [5.74, 6) is 0. The van der Waals surface area contributed by atoms with Gasteiger partial charge in [-0.15, -0.1) is 0 Å². The predicted octanol–water partition coefficient (Wildman–Crippen LogP) is 2.63. The highest BCUT2D eigenvalue weighted by Gasteiger charge is 2.42. The average molecular weight is 235 g/mol. The van der Waals surface area contributed by atoms with Crippen molar-refractivity contribution in [3.8, 4) is 0 Å². The maximum atomic E-state index is 5.63. The smallest absolute Gasteiger partial charge is 0.184 e. The molecule has 1 aromatic rings. The van der Waals surface area contributed by atoms with E-state index in [-0.39, 0.29) is 11.1 Å². The zero-order valence-corrected chi connectivity index (χ0v) is 10.7. The third kappa shape index (κ3) is 1.97. The lowest BCUT2D eigenvalue weighted by Gasteiger charge is -2.44. The summed E-state index contributed by atoms with van der Waals surface area (Å²) in [7, 11) is 0. The number of rotatable bonds is 1. The topological polar surface area (TPSA) is 21.3 Å². The molecule has 3 heteroatoms. The van der Waals surface area contributed by atoms with E-state index in [0.717, 1.165) is 5.56 Å². The van der Waals surface area contributed by atoms with Crippen molar-refractivity contribution < 1.29 is 4.74 Å². The van der Waals surface area contributed by atoms with E-state index in [1.54, 1.807) is 0 Å². The van der Waals surface area contributed by atoms with Gasteiger partial charge in [0.1, 0.15) is 12.1 Å². The van der Waals surface area contributed by atoms with Crippen LogP contribution >= 0.6 is 12.2 Å². The van der Waals surface area contributed by atoms with Gasteiger partial charge in [0.15, 0.2) is 5.05 Å². The second-order valence-corrected chi connectivity index (χ2v) is 5.45. The maximum Gasteiger partial charge on any atom is 0.184 e. The highest BCUT2D eigenvalue weighted by Crippen LogP contribution is 2.30. The molecule has 1 aromatic carbocycles. The van der Waals surface area contributed by atoms with Crippen molar-refractivity contribution >= 4 is 17.3 Å². The lowest BCUT2D eigenvalue weighted by atomic mass is 9.87.